The van der Waals surface area contributed by atoms with E-state index in [2.05, 4.69) is 15.9 Å². The van der Waals surface area contributed by atoms with Crippen LogP contribution in [0.15, 0.2) is 27.6 Å². The fraction of sp³-hybridized carbons (Fsp3) is 0.222. The van der Waals surface area contributed by atoms with Gasteiger partial charge in [0.25, 0.3) is 0 Å². The second-order valence-corrected chi connectivity index (χ2v) is 6.28. The number of rotatable bonds is 4. The molecule has 0 aromatic heterocycles. The average Bonchev–Trinajstić information content (AvgIpc) is 2.20. The number of hydrogen-bond acceptors (Lipinski definition) is 4. The molecule has 17 heavy (non-hydrogen) atoms. The molecule has 0 aliphatic rings. The van der Waals surface area contributed by atoms with Gasteiger partial charge in [-0.2, -0.15) is 4.31 Å². The molecule has 0 heterocycles. The summed E-state index contributed by atoms with van der Waals surface area (Å²) in [5.74, 6) is -0.726. The van der Waals surface area contributed by atoms with E-state index < -0.39 is 15.9 Å². The van der Waals surface area contributed by atoms with Crippen LogP contribution in [0.25, 0.3) is 0 Å². The topological polar surface area (TPSA) is 106 Å². The van der Waals surface area contributed by atoms with Crippen LogP contribution < -0.4 is 11.5 Å². The summed E-state index contributed by atoms with van der Waals surface area (Å²) >= 11 is 3.12. The lowest BCUT2D eigenvalue weighted by Gasteiger charge is -2.16. The van der Waals surface area contributed by atoms with Gasteiger partial charge in [-0.3, -0.25) is 4.79 Å². The number of carbonyl (C=O) groups is 1. The third-order valence-corrected chi connectivity index (χ3v) is 4.82. The Morgan fingerprint density at radius 2 is 2.06 bits per heavy atom. The molecule has 8 heteroatoms. The fourth-order valence-corrected chi connectivity index (χ4v) is 3.28. The van der Waals surface area contributed by atoms with Crippen LogP contribution in [0.5, 0.6) is 0 Å². The highest BCUT2D eigenvalue weighted by atomic mass is 79.9. The molecule has 4 N–H and O–H groups in total. The Morgan fingerprint density at radius 1 is 1.47 bits per heavy atom. The van der Waals surface area contributed by atoms with Crippen molar-refractivity contribution in [3.8, 4) is 0 Å². The van der Waals surface area contributed by atoms with Gasteiger partial charge in [0.1, 0.15) is 0 Å². The standard InChI is InChI=1S/C9H12BrN3O3S/c1-13(5-9(12)14)17(15,16)8-4-6(11)2-3-7(8)10/h2-4H,5,11H2,1H3,(H2,12,14). The molecular formula is C9H12BrN3O3S. The van der Waals surface area contributed by atoms with Crippen LogP contribution in [0.2, 0.25) is 0 Å². The number of sulfonamides is 1. The Morgan fingerprint density at radius 3 is 2.59 bits per heavy atom. The molecule has 0 saturated heterocycles. The van der Waals surface area contributed by atoms with Gasteiger partial charge >= 0.3 is 0 Å². The average molecular weight is 322 g/mol. The van der Waals surface area contributed by atoms with Gasteiger partial charge in [-0.25, -0.2) is 8.42 Å². The molecule has 6 nitrogen and oxygen atoms in total. The highest BCUT2D eigenvalue weighted by Gasteiger charge is 2.24. The molecule has 0 unspecified atom stereocenters. The van der Waals surface area contributed by atoms with E-state index in [-0.39, 0.29) is 11.4 Å². The molecule has 1 rings (SSSR count). The second-order valence-electron chi connectivity index (χ2n) is 3.42. The summed E-state index contributed by atoms with van der Waals surface area (Å²) < 4.78 is 25.4. The van der Waals surface area contributed by atoms with Crippen molar-refractivity contribution in [2.24, 2.45) is 5.73 Å². The summed E-state index contributed by atoms with van der Waals surface area (Å²) in [6, 6.07) is 4.41. The van der Waals surface area contributed by atoms with Crippen LogP contribution in [-0.4, -0.2) is 32.2 Å². The van der Waals surface area contributed by atoms with Crippen LogP contribution in [-0.2, 0) is 14.8 Å². The maximum Gasteiger partial charge on any atom is 0.244 e. The quantitative estimate of drug-likeness (QED) is 0.769. The lowest BCUT2D eigenvalue weighted by molar-refractivity contribution is -0.118. The third kappa shape index (κ3) is 3.18. The van der Waals surface area contributed by atoms with Crippen molar-refractivity contribution in [1.82, 2.24) is 4.31 Å². The molecule has 94 valence electrons. The van der Waals surface area contributed by atoms with E-state index in [1.165, 1.54) is 19.2 Å². The number of amides is 1. The van der Waals surface area contributed by atoms with Gasteiger partial charge in [0.2, 0.25) is 15.9 Å². The third-order valence-electron chi connectivity index (χ3n) is 2.02. The van der Waals surface area contributed by atoms with Gasteiger partial charge in [0.15, 0.2) is 0 Å². The van der Waals surface area contributed by atoms with Crippen LogP contribution in [0, 0.1) is 0 Å². The number of hydrogen-bond donors (Lipinski definition) is 2. The number of carbonyl (C=O) groups excluding carboxylic acids is 1. The minimum atomic E-state index is -3.78. The van der Waals surface area contributed by atoms with Gasteiger partial charge in [0, 0.05) is 17.2 Å². The van der Waals surface area contributed by atoms with Gasteiger partial charge in [-0.15, -0.1) is 0 Å². The predicted molar refractivity (Wildman–Crippen MR) is 67.6 cm³/mol. The SMILES string of the molecule is CN(CC(N)=O)S(=O)(=O)c1cc(N)ccc1Br. The fourth-order valence-electron chi connectivity index (χ4n) is 1.19. The van der Waals surface area contributed by atoms with E-state index >= 15 is 0 Å². The van der Waals surface area contributed by atoms with Gasteiger partial charge < -0.3 is 11.5 Å². The minimum absolute atomic E-state index is 0.00116. The summed E-state index contributed by atoms with van der Waals surface area (Å²) in [6.07, 6.45) is 0. The van der Waals surface area contributed by atoms with E-state index in [1.807, 2.05) is 0 Å². The van der Waals surface area contributed by atoms with Crippen LogP contribution >= 0.6 is 15.9 Å². The van der Waals surface area contributed by atoms with Crippen LogP contribution in [0.4, 0.5) is 5.69 Å². The number of benzene rings is 1. The molecule has 0 fully saturated rings. The number of anilines is 1. The smallest absolute Gasteiger partial charge is 0.244 e. The molecule has 0 spiro atoms. The number of nitrogens with two attached hydrogens (primary N) is 2. The normalized spacial score (nSPS) is 11.7. The molecule has 0 atom stereocenters. The summed E-state index contributed by atoms with van der Waals surface area (Å²) in [4.78, 5) is 10.7. The van der Waals surface area contributed by atoms with Gasteiger partial charge in [-0.1, -0.05) is 0 Å². The zero-order chi connectivity index (χ0) is 13.2. The van der Waals surface area contributed by atoms with Crippen LogP contribution in [0.1, 0.15) is 0 Å². The largest absolute Gasteiger partial charge is 0.399 e. The van der Waals surface area contributed by atoms with Crippen molar-refractivity contribution in [1.29, 1.82) is 0 Å². The van der Waals surface area contributed by atoms with E-state index in [9.17, 15) is 13.2 Å². The second kappa shape index (κ2) is 5.03. The van der Waals surface area contributed by atoms with Crippen molar-refractivity contribution < 1.29 is 13.2 Å². The Kier molecular flexibility index (Phi) is 4.12. The molecule has 0 aliphatic heterocycles. The molecule has 0 saturated carbocycles. The molecule has 1 amide bonds. The molecule has 0 aliphatic carbocycles. The van der Waals surface area contributed by atoms with Crippen LogP contribution in [0.3, 0.4) is 0 Å². The minimum Gasteiger partial charge on any atom is -0.399 e. The first kappa shape index (κ1) is 13.9. The summed E-state index contributed by atoms with van der Waals surface area (Å²) in [5.41, 5.74) is 10.8. The first-order chi connectivity index (χ1) is 7.75. The highest BCUT2D eigenvalue weighted by Crippen LogP contribution is 2.26. The van der Waals surface area contributed by atoms with Crippen molar-refractivity contribution in [2.75, 3.05) is 19.3 Å². The Bertz CT molecular complexity index is 544. The number of primary amides is 1. The van der Waals surface area contributed by atoms with E-state index in [0.717, 1.165) is 4.31 Å². The zero-order valence-corrected chi connectivity index (χ0v) is 11.5. The first-order valence-electron chi connectivity index (χ1n) is 4.55. The lowest BCUT2D eigenvalue weighted by atomic mass is 10.3. The first-order valence-corrected chi connectivity index (χ1v) is 6.78. The summed E-state index contributed by atoms with van der Waals surface area (Å²) in [5, 5.41) is 0. The predicted octanol–water partition coefficient (Wildman–Crippen LogP) is 0.137. The molecule has 1 aromatic carbocycles. The monoisotopic (exact) mass is 321 g/mol. The molecular weight excluding hydrogens is 310 g/mol. The molecule has 0 radical (unpaired) electrons. The van der Waals surface area contributed by atoms with Gasteiger partial charge in [-0.05, 0) is 34.1 Å². The Balaban J connectivity index is 3.21. The number of halogens is 1. The van der Waals surface area contributed by atoms with Crippen molar-refractivity contribution in [2.45, 2.75) is 4.90 Å². The number of nitrogen functional groups attached to an aromatic ring is 1. The van der Waals surface area contributed by atoms with Crippen molar-refractivity contribution in [3.63, 3.8) is 0 Å². The van der Waals surface area contributed by atoms with Crippen molar-refractivity contribution >= 4 is 37.5 Å². The van der Waals surface area contributed by atoms with E-state index in [0.29, 0.717) is 10.2 Å². The van der Waals surface area contributed by atoms with Gasteiger partial charge in [0.05, 0.1) is 11.4 Å². The maximum atomic E-state index is 12.1. The van der Waals surface area contributed by atoms with E-state index in [4.69, 9.17) is 11.5 Å². The molecule has 1 aromatic rings. The molecule has 0 bridgehead atoms. The van der Waals surface area contributed by atoms with Crippen molar-refractivity contribution in [3.05, 3.63) is 22.7 Å². The summed E-state index contributed by atoms with van der Waals surface area (Å²) in [6.45, 7) is -0.385. The number of nitrogens with zero attached hydrogens (tertiary/aromatic N) is 1. The number of likely N-dealkylation sites (N-methyl/N-ethyl adjacent to an activating group) is 1. The Hall–Kier alpha value is -1.12. The summed E-state index contributed by atoms with van der Waals surface area (Å²) in [7, 11) is -2.51. The maximum absolute atomic E-state index is 12.1. The lowest BCUT2D eigenvalue weighted by Crippen LogP contribution is -2.35. The zero-order valence-electron chi connectivity index (χ0n) is 9.05. The van der Waals surface area contributed by atoms with E-state index in [1.54, 1.807) is 6.07 Å². The Labute approximate surface area is 108 Å². The highest BCUT2D eigenvalue weighted by molar-refractivity contribution is 9.10.